The normalized spacial score (nSPS) is 15.0. The highest BCUT2D eigenvalue weighted by Crippen LogP contribution is 2.32. The molecule has 1 aromatic heterocycles. The minimum atomic E-state index is 0.308. The molecule has 1 fully saturated rings. The Morgan fingerprint density at radius 2 is 2.38 bits per heavy atom. The maximum absolute atomic E-state index is 8.68. The van der Waals surface area contributed by atoms with Gasteiger partial charge < -0.3 is 4.74 Å². The van der Waals surface area contributed by atoms with Gasteiger partial charge in [0, 0.05) is 13.7 Å². The van der Waals surface area contributed by atoms with Gasteiger partial charge in [0.1, 0.15) is 5.69 Å². The average Bonchev–Trinajstić information content (AvgIpc) is 3.04. The third-order valence-corrected chi connectivity index (χ3v) is 2.89. The minimum Gasteiger partial charge on any atom is -0.378 e. The molecule has 1 saturated carbocycles. The van der Waals surface area contributed by atoms with Crippen molar-refractivity contribution >= 4 is 0 Å². The van der Waals surface area contributed by atoms with Crippen molar-refractivity contribution in [3.05, 3.63) is 11.4 Å². The zero-order valence-corrected chi connectivity index (χ0v) is 9.52. The van der Waals surface area contributed by atoms with E-state index in [1.165, 1.54) is 12.8 Å². The van der Waals surface area contributed by atoms with Crippen LogP contribution in [-0.4, -0.2) is 22.1 Å². The molecule has 0 radical (unpaired) electrons. The molecule has 0 spiro atoms. The summed E-state index contributed by atoms with van der Waals surface area (Å²) in [4.78, 5) is 0. The summed E-state index contributed by atoms with van der Waals surface area (Å²) in [7, 11) is 1.65. The molecular formula is C11H16N4O. The monoisotopic (exact) mass is 220 g/mol. The molecule has 0 saturated heterocycles. The second-order valence-corrected chi connectivity index (χ2v) is 4.21. The maximum atomic E-state index is 8.68. The van der Waals surface area contributed by atoms with Crippen molar-refractivity contribution in [1.82, 2.24) is 15.0 Å². The predicted molar refractivity (Wildman–Crippen MR) is 57.4 cm³/mol. The first-order valence-corrected chi connectivity index (χ1v) is 5.62. The molecule has 5 heteroatoms. The van der Waals surface area contributed by atoms with Gasteiger partial charge in [-0.1, -0.05) is 18.1 Å². The highest BCUT2D eigenvalue weighted by atomic mass is 16.5. The Kier molecular flexibility index (Phi) is 3.52. The van der Waals surface area contributed by atoms with E-state index in [9.17, 15) is 0 Å². The van der Waals surface area contributed by atoms with Crippen LogP contribution in [0.4, 0.5) is 0 Å². The molecule has 0 atom stereocenters. The largest absolute Gasteiger partial charge is 0.378 e. The molecule has 1 aliphatic rings. The van der Waals surface area contributed by atoms with Crippen molar-refractivity contribution in [2.24, 2.45) is 5.92 Å². The van der Waals surface area contributed by atoms with E-state index in [4.69, 9.17) is 10.00 Å². The van der Waals surface area contributed by atoms with Crippen molar-refractivity contribution in [1.29, 1.82) is 5.26 Å². The molecule has 0 unspecified atom stereocenters. The van der Waals surface area contributed by atoms with Crippen LogP contribution in [0.1, 0.15) is 30.7 Å². The lowest BCUT2D eigenvalue weighted by atomic mass is 10.2. The van der Waals surface area contributed by atoms with E-state index in [-0.39, 0.29) is 0 Å². The van der Waals surface area contributed by atoms with Crippen LogP contribution in [0.2, 0.25) is 0 Å². The molecule has 1 aromatic rings. The van der Waals surface area contributed by atoms with E-state index >= 15 is 0 Å². The van der Waals surface area contributed by atoms with E-state index in [0.717, 1.165) is 30.3 Å². The number of nitrogens with zero attached hydrogens (tertiary/aromatic N) is 4. The zero-order valence-electron chi connectivity index (χ0n) is 9.52. The lowest BCUT2D eigenvalue weighted by Gasteiger charge is -2.05. The zero-order chi connectivity index (χ0) is 11.4. The Bertz CT molecular complexity index is 389. The van der Waals surface area contributed by atoms with Gasteiger partial charge in [-0.25, -0.2) is 4.68 Å². The molecule has 0 aliphatic heterocycles. The summed E-state index contributed by atoms with van der Waals surface area (Å²) in [5.41, 5.74) is 1.70. The van der Waals surface area contributed by atoms with Crippen LogP contribution >= 0.6 is 0 Å². The van der Waals surface area contributed by atoms with Gasteiger partial charge in [0.25, 0.3) is 0 Å². The molecule has 16 heavy (non-hydrogen) atoms. The fourth-order valence-electron chi connectivity index (χ4n) is 1.77. The quantitative estimate of drug-likeness (QED) is 0.724. The second-order valence-electron chi connectivity index (χ2n) is 4.21. The van der Waals surface area contributed by atoms with Crippen molar-refractivity contribution < 1.29 is 4.74 Å². The standard InChI is InChI=1S/C11H16N4O/c1-16-8-11-10(4-6-12)13-14-15(11)7-5-9-2-3-9/h9H,2-5,7-8H2,1H3. The lowest BCUT2D eigenvalue weighted by molar-refractivity contribution is 0.175. The maximum Gasteiger partial charge on any atom is 0.102 e. The Morgan fingerprint density at radius 3 is 3.00 bits per heavy atom. The van der Waals surface area contributed by atoms with Crippen molar-refractivity contribution in [2.45, 2.75) is 38.8 Å². The molecule has 5 nitrogen and oxygen atoms in total. The summed E-state index contributed by atoms with van der Waals surface area (Å²) in [5, 5.41) is 16.8. The van der Waals surface area contributed by atoms with Crippen LogP contribution < -0.4 is 0 Å². The number of methoxy groups -OCH3 is 1. The highest BCUT2D eigenvalue weighted by molar-refractivity contribution is 5.13. The first-order chi connectivity index (χ1) is 7.85. The number of aromatic nitrogens is 3. The molecule has 1 heterocycles. The number of hydrogen-bond donors (Lipinski definition) is 0. The number of ether oxygens (including phenoxy) is 1. The van der Waals surface area contributed by atoms with Crippen LogP contribution in [0.5, 0.6) is 0 Å². The molecule has 1 aliphatic carbocycles. The predicted octanol–water partition coefficient (Wildman–Crippen LogP) is 1.29. The van der Waals surface area contributed by atoms with E-state index in [1.807, 2.05) is 4.68 Å². The Labute approximate surface area is 95.0 Å². The van der Waals surface area contributed by atoms with Gasteiger partial charge in [-0.05, 0) is 12.3 Å². The van der Waals surface area contributed by atoms with E-state index < -0.39 is 0 Å². The van der Waals surface area contributed by atoms with Gasteiger partial charge in [0.2, 0.25) is 0 Å². The summed E-state index contributed by atoms with van der Waals surface area (Å²) in [6.45, 7) is 1.37. The van der Waals surface area contributed by atoms with E-state index in [2.05, 4.69) is 16.4 Å². The minimum absolute atomic E-state index is 0.308. The first-order valence-electron chi connectivity index (χ1n) is 5.62. The number of nitriles is 1. The first kappa shape index (κ1) is 11.1. The Balaban J connectivity index is 2.05. The molecule has 0 aromatic carbocycles. The summed E-state index contributed by atoms with van der Waals surface area (Å²) < 4.78 is 7.01. The summed E-state index contributed by atoms with van der Waals surface area (Å²) in [6, 6.07) is 2.10. The molecule has 0 amide bonds. The third kappa shape index (κ3) is 2.58. The third-order valence-electron chi connectivity index (χ3n) is 2.89. The molecule has 2 rings (SSSR count). The van der Waals surface area contributed by atoms with E-state index in [1.54, 1.807) is 7.11 Å². The number of aryl methyl sites for hydroxylation is 1. The summed E-state index contributed by atoms with van der Waals surface area (Å²) in [6.07, 6.45) is 4.16. The number of hydrogen-bond acceptors (Lipinski definition) is 4. The van der Waals surface area contributed by atoms with Crippen LogP contribution in [-0.2, 0) is 24.3 Å². The fraction of sp³-hybridized carbons (Fsp3) is 0.727. The molecule has 86 valence electrons. The van der Waals surface area contributed by atoms with Crippen molar-refractivity contribution in [2.75, 3.05) is 7.11 Å². The Hall–Kier alpha value is -1.41. The molecule has 0 N–H and O–H groups in total. The van der Waals surface area contributed by atoms with E-state index in [0.29, 0.717) is 13.0 Å². The molecular weight excluding hydrogens is 204 g/mol. The average molecular weight is 220 g/mol. The van der Waals surface area contributed by atoms with Gasteiger partial charge in [0.15, 0.2) is 0 Å². The van der Waals surface area contributed by atoms with Gasteiger partial charge in [-0.2, -0.15) is 5.26 Å². The topological polar surface area (TPSA) is 63.7 Å². The van der Waals surface area contributed by atoms with Gasteiger partial charge in [-0.3, -0.25) is 0 Å². The highest BCUT2D eigenvalue weighted by Gasteiger charge is 2.22. The van der Waals surface area contributed by atoms with Crippen molar-refractivity contribution in [3.63, 3.8) is 0 Å². The van der Waals surface area contributed by atoms with Crippen LogP contribution in [0.3, 0.4) is 0 Å². The lowest BCUT2D eigenvalue weighted by Crippen LogP contribution is -2.08. The van der Waals surface area contributed by atoms with Gasteiger partial charge in [0.05, 0.1) is 24.8 Å². The second kappa shape index (κ2) is 5.08. The van der Waals surface area contributed by atoms with Crippen LogP contribution in [0.15, 0.2) is 0 Å². The van der Waals surface area contributed by atoms with Gasteiger partial charge >= 0.3 is 0 Å². The molecule has 0 bridgehead atoms. The van der Waals surface area contributed by atoms with Crippen molar-refractivity contribution in [3.8, 4) is 6.07 Å². The Morgan fingerprint density at radius 1 is 1.56 bits per heavy atom. The van der Waals surface area contributed by atoms with Gasteiger partial charge in [-0.15, -0.1) is 5.10 Å². The fourth-order valence-corrected chi connectivity index (χ4v) is 1.77. The number of rotatable bonds is 6. The summed E-state index contributed by atoms with van der Waals surface area (Å²) in [5.74, 6) is 0.874. The van der Waals surface area contributed by atoms with Crippen LogP contribution in [0, 0.1) is 17.2 Å². The SMILES string of the molecule is COCc1c(CC#N)nnn1CCC1CC1. The van der Waals surface area contributed by atoms with Crippen LogP contribution in [0.25, 0.3) is 0 Å². The smallest absolute Gasteiger partial charge is 0.102 e. The summed E-state index contributed by atoms with van der Waals surface area (Å²) >= 11 is 0.